The molecule has 0 aliphatic carbocycles. The molecule has 4 rings (SSSR count). The molecule has 8 heteroatoms. The largest absolute Gasteiger partial charge is 0.416 e. The number of alkyl halides is 3. The maximum atomic E-state index is 14.3. The molecule has 2 N–H and O–H groups in total. The van der Waals surface area contributed by atoms with E-state index in [9.17, 15) is 22.4 Å². The van der Waals surface area contributed by atoms with Crippen LogP contribution in [0, 0.1) is 5.82 Å². The van der Waals surface area contributed by atoms with Gasteiger partial charge in [-0.2, -0.15) is 13.2 Å². The van der Waals surface area contributed by atoms with Crippen molar-refractivity contribution in [1.29, 1.82) is 0 Å². The molecule has 3 heterocycles. The summed E-state index contributed by atoms with van der Waals surface area (Å²) < 4.78 is 52.5. The van der Waals surface area contributed by atoms with Gasteiger partial charge in [-0.05, 0) is 49.1 Å². The van der Waals surface area contributed by atoms with E-state index in [-0.39, 0.29) is 17.5 Å². The van der Waals surface area contributed by atoms with Gasteiger partial charge in [0, 0.05) is 18.3 Å². The highest BCUT2D eigenvalue weighted by Gasteiger charge is 2.48. The van der Waals surface area contributed by atoms with E-state index in [0.29, 0.717) is 43.1 Å². The van der Waals surface area contributed by atoms with E-state index in [4.69, 9.17) is 0 Å². The smallest absolute Gasteiger partial charge is 0.354 e. The number of nitrogens with zero attached hydrogens (tertiary/aromatic N) is 1. The van der Waals surface area contributed by atoms with E-state index >= 15 is 0 Å². The highest BCUT2D eigenvalue weighted by molar-refractivity contribution is 5.88. The minimum absolute atomic E-state index is 0.0186. The van der Waals surface area contributed by atoms with Crippen molar-refractivity contribution in [3.8, 4) is 11.1 Å². The molecule has 2 aromatic rings. The summed E-state index contributed by atoms with van der Waals surface area (Å²) in [5.74, 6) is -0.956. The Labute approximate surface area is 153 Å². The second kappa shape index (κ2) is 6.30. The molecule has 1 aromatic heterocycles. The number of carbonyl (C=O) groups excluding carboxylic acids is 1. The summed E-state index contributed by atoms with van der Waals surface area (Å²) in [5.41, 5.74) is -0.432. The van der Waals surface area contributed by atoms with Crippen LogP contribution in [0.25, 0.3) is 11.1 Å². The Bertz CT molecular complexity index is 899. The Kier molecular flexibility index (Phi) is 4.18. The molecule has 0 unspecified atom stereocenters. The lowest BCUT2D eigenvalue weighted by molar-refractivity contribution is -0.137. The van der Waals surface area contributed by atoms with Crippen LogP contribution >= 0.6 is 0 Å². The van der Waals surface area contributed by atoms with Gasteiger partial charge >= 0.3 is 6.18 Å². The lowest BCUT2D eigenvalue weighted by Gasteiger charge is -2.21. The molecule has 2 saturated heterocycles. The van der Waals surface area contributed by atoms with Crippen LogP contribution in [0.1, 0.15) is 36.6 Å². The zero-order valence-corrected chi connectivity index (χ0v) is 14.2. The molecule has 1 aromatic carbocycles. The Balaban J connectivity index is 1.61. The minimum atomic E-state index is -4.59. The van der Waals surface area contributed by atoms with Crippen molar-refractivity contribution in [3.05, 3.63) is 53.6 Å². The van der Waals surface area contributed by atoms with Crippen LogP contribution in [0.3, 0.4) is 0 Å². The first-order chi connectivity index (χ1) is 12.8. The van der Waals surface area contributed by atoms with Crippen molar-refractivity contribution in [3.63, 3.8) is 0 Å². The Hall–Kier alpha value is -2.48. The molecule has 0 saturated carbocycles. The number of rotatable bonds is 2. The van der Waals surface area contributed by atoms with Gasteiger partial charge in [0.2, 0.25) is 5.91 Å². The van der Waals surface area contributed by atoms with Crippen LogP contribution in [0.15, 0.2) is 36.5 Å². The normalized spacial score (nSPS) is 25.2. The van der Waals surface area contributed by atoms with Crippen LogP contribution in [-0.4, -0.2) is 23.0 Å². The lowest BCUT2D eigenvalue weighted by Crippen LogP contribution is -2.47. The Morgan fingerprint density at radius 3 is 2.63 bits per heavy atom. The number of amides is 1. The zero-order valence-electron chi connectivity index (χ0n) is 14.2. The van der Waals surface area contributed by atoms with Crippen molar-refractivity contribution in [2.24, 2.45) is 0 Å². The Morgan fingerprint density at radius 2 is 1.96 bits per heavy atom. The van der Waals surface area contributed by atoms with Gasteiger partial charge < -0.3 is 5.32 Å². The van der Waals surface area contributed by atoms with Gasteiger partial charge in [-0.25, -0.2) is 4.39 Å². The first-order valence-electron chi connectivity index (χ1n) is 8.68. The summed E-state index contributed by atoms with van der Waals surface area (Å²) in [7, 11) is 0. The van der Waals surface area contributed by atoms with Crippen LogP contribution in [0.4, 0.5) is 17.6 Å². The molecule has 1 spiro atoms. The van der Waals surface area contributed by atoms with E-state index in [2.05, 4.69) is 15.6 Å². The number of hydrogen-bond donors (Lipinski definition) is 2. The van der Waals surface area contributed by atoms with Gasteiger partial charge in [-0.1, -0.05) is 6.07 Å². The fourth-order valence-corrected chi connectivity index (χ4v) is 3.87. The first-order valence-corrected chi connectivity index (χ1v) is 8.68. The molecule has 0 bridgehead atoms. The highest BCUT2D eigenvalue weighted by atomic mass is 19.4. The minimum Gasteiger partial charge on any atom is -0.354 e. The predicted octanol–water partition coefficient (Wildman–Crippen LogP) is 3.59. The van der Waals surface area contributed by atoms with E-state index in [1.165, 1.54) is 6.20 Å². The maximum Gasteiger partial charge on any atom is 0.416 e. The van der Waals surface area contributed by atoms with Gasteiger partial charge in [-0.15, -0.1) is 0 Å². The first kappa shape index (κ1) is 17.9. The molecular formula is C19H17F4N3O. The monoisotopic (exact) mass is 379 g/mol. The van der Waals surface area contributed by atoms with Crippen molar-refractivity contribution < 1.29 is 22.4 Å². The number of carbonyl (C=O) groups is 1. The van der Waals surface area contributed by atoms with Crippen molar-refractivity contribution >= 4 is 5.91 Å². The lowest BCUT2D eigenvalue weighted by atomic mass is 9.96. The van der Waals surface area contributed by atoms with Gasteiger partial charge in [0.25, 0.3) is 0 Å². The quantitative estimate of drug-likeness (QED) is 0.785. The van der Waals surface area contributed by atoms with Gasteiger partial charge in [-0.3, -0.25) is 15.1 Å². The SMILES string of the molecule is O=C1NCC[C@@]12CC[C@@H](c1cc(-c3ccc(C(F)(F)F)cc3F)ccn1)N2. The van der Waals surface area contributed by atoms with Gasteiger partial charge in [0.1, 0.15) is 11.4 Å². The number of aromatic nitrogens is 1. The third kappa shape index (κ3) is 3.18. The number of pyridine rings is 1. The van der Waals surface area contributed by atoms with Gasteiger partial charge in [0.15, 0.2) is 0 Å². The van der Waals surface area contributed by atoms with Crippen LogP contribution in [0.5, 0.6) is 0 Å². The number of hydrogen-bond acceptors (Lipinski definition) is 3. The average molecular weight is 379 g/mol. The summed E-state index contributed by atoms with van der Waals surface area (Å²) in [5, 5.41) is 6.16. The number of nitrogens with one attached hydrogen (secondary N) is 2. The summed E-state index contributed by atoms with van der Waals surface area (Å²) in [6.07, 6.45) is -0.991. The molecule has 0 radical (unpaired) electrons. The van der Waals surface area contributed by atoms with E-state index in [1.807, 2.05) is 0 Å². The van der Waals surface area contributed by atoms with Crippen molar-refractivity contribution in [2.75, 3.05) is 6.54 Å². The molecule has 142 valence electrons. The van der Waals surface area contributed by atoms with Gasteiger partial charge in [0.05, 0.1) is 17.3 Å². The summed E-state index contributed by atoms with van der Waals surface area (Å²) in [6.45, 7) is 0.628. The molecule has 4 nitrogen and oxygen atoms in total. The van der Waals surface area contributed by atoms with Crippen LogP contribution in [0.2, 0.25) is 0 Å². The molecule has 2 atom stereocenters. The standard InChI is InChI=1S/C19H17F4N3O/c20-14-10-12(19(21,22)23)1-2-13(14)11-4-7-24-16(9-11)15-3-5-18(26-15)6-8-25-17(18)27/h1-2,4,7,9-10,15,26H,3,5-6,8H2,(H,25,27)/t15-,18-/m0/s1. The second-order valence-corrected chi connectivity index (χ2v) is 6.99. The van der Waals surface area contributed by atoms with Crippen molar-refractivity contribution in [1.82, 2.24) is 15.6 Å². The average Bonchev–Trinajstić information content (AvgIpc) is 3.22. The van der Waals surface area contributed by atoms with E-state index < -0.39 is 23.1 Å². The summed E-state index contributed by atoms with van der Waals surface area (Å²) in [4.78, 5) is 16.4. The molecule has 2 aliphatic rings. The molecule has 27 heavy (non-hydrogen) atoms. The van der Waals surface area contributed by atoms with E-state index in [1.54, 1.807) is 12.1 Å². The second-order valence-electron chi connectivity index (χ2n) is 6.99. The third-order valence-corrected chi connectivity index (χ3v) is 5.33. The molecule has 1 amide bonds. The maximum absolute atomic E-state index is 14.3. The Morgan fingerprint density at radius 1 is 1.15 bits per heavy atom. The van der Waals surface area contributed by atoms with Crippen LogP contribution in [-0.2, 0) is 11.0 Å². The summed E-state index contributed by atoms with van der Waals surface area (Å²) >= 11 is 0. The van der Waals surface area contributed by atoms with E-state index in [0.717, 1.165) is 12.1 Å². The third-order valence-electron chi connectivity index (χ3n) is 5.33. The fourth-order valence-electron chi connectivity index (χ4n) is 3.87. The fraction of sp³-hybridized carbons (Fsp3) is 0.368. The topological polar surface area (TPSA) is 54.0 Å². The number of benzene rings is 1. The van der Waals surface area contributed by atoms with Crippen LogP contribution < -0.4 is 10.6 Å². The molecule has 2 fully saturated rings. The number of halogens is 4. The summed E-state index contributed by atoms with van der Waals surface area (Å²) in [6, 6.07) is 5.56. The molecular weight excluding hydrogens is 362 g/mol. The molecule has 2 aliphatic heterocycles. The van der Waals surface area contributed by atoms with Crippen molar-refractivity contribution in [2.45, 2.75) is 37.0 Å². The highest BCUT2D eigenvalue weighted by Crippen LogP contribution is 2.38. The predicted molar refractivity (Wildman–Crippen MR) is 90.1 cm³/mol. The zero-order chi connectivity index (χ0) is 19.2.